The van der Waals surface area contributed by atoms with Crippen molar-refractivity contribution in [1.82, 2.24) is 0 Å². The van der Waals surface area contributed by atoms with E-state index in [1.165, 1.54) is 11.1 Å². The molecule has 1 nitrogen and oxygen atoms in total. The lowest BCUT2D eigenvalue weighted by Crippen LogP contribution is -2.00. The number of rotatable bonds is 8. The summed E-state index contributed by atoms with van der Waals surface area (Å²) < 4.78 is 5.64. The van der Waals surface area contributed by atoms with Crippen LogP contribution in [0.5, 0.6) is 0 Å². The average molecular weight is 327 g/mol. The Morgan fingerprint density at radius 1 is 1.10 bits per heavy atom. The van der Waals surface area contributed by atoms with E-state index in [0.717, 1.165) is 24.8 Å². The second kappa shape index (κ2) is 10.0. The highest BCUT2D eigenvalue weighted by Gasteiger charge is 2.04. The Morgan fingerprint density at radius 2 is 1.76 bits per heavy atom. The van der Waals surface area contributed by atoms with Crippen molar-refractivity contribution in [3.8, 4) is 0 Å². The third kappa shape index (κ3) is 7.71. The van der Waals surface area contributed by atoms with Gasteiger partial charge in [0.1, 0.15) is 0 Å². The SMILES string of the molecule is CC(C)=CCC/C(C)=C/COCCc1c(Cl)cccc1Cl. The van der Waals surface area contributed by atoms with E-state index in [0.29, 0.717) is 23.3 Å². The first-order chi connectivity index (χ1) is 10.0. The first kappa shape index (κ1) is 18.3. The number of benzene rings is 1. The van der Waals surface area contributed by atoms with Crippen molar-refractivity contribution >= 4 is 23.2 Å². The van der Waals surface area contributed by atoms with Gasteiger partial charge in [-0.25, -0.2) is 0 Å². The van der Waals surface area contributed by atoms with Crippen LogP contribution in [-0.4, -0.2) is 13.2 Å². The molecule has 0 unspecified atom stereocenters. The molecule has 0 bridgehead atoms. The fourth-order valence-electron chi connectivity index (χ4n) is 1.92. The van der Waals surface area contributed by atoms with Crippen molar-refractivity contribution in [2.45, 2.75) is 40.0 Å². The highest BCUT2D eigenvalue weighted by atomic mass is 35.5. The zero-order chi connectivity index (χ0) is 15.7. The summed E-state index contributed by atoms with van der Waals surface area (Å²) in [7, 11) is 0. The maximum absolute atomic E-state index is 6.12. The maximum Gasteiger partial charge on any atom is 0.0650 e. The minimum atomic E-state index is 0.626. The Bertz CT molecular complexity index is 480. The fourth-order valence-corrected chi connectivity index (χ4v) is 2.51. The minimum Gasteiger partial charge on any atom is -0.377 e. The van der Waals surface area contributed by atoms with E-state index in [4.69, 9.17) is 27.9 Å². The smallest absolute Gasteiger partial charge is 0.0650 e. The van der Waals surface area contributed by atoms with Crippen LogP contribution in [0.1, 0.15) is 39.2 Å². The third-order valence-electron chi connectivity index (χ3n) is 3.20. The molecular weight excluding hydrogens is 303 g/mol. The van der Waals surface area contributed by atoms with Gasteiger partial charge in [-0.05, 0) is 57.7 Å². The molecule has 0 amide bonds. The predicted octanol–water partition coefficient (Wildman–Crippen LogP) is 6.25. The van der Waals surface area contributed by atoms with Crippen molar-refractivity contribution in [3.05, 3.63) is 57.1 Å². The van der Waals surface area contributed by atoms with E-state index < -0.39 is 0 Å². The fraction of sp³-hybridized carbons (Fsp3) is 0.444. The lowest BCUT2D eigenvalue weighted by Gasteiger charge is -2.07. The summed E-state index contributed by atoms with van der Waals surface area (Å²) in [5, 5.41) is 1.42. The summed E-state index contributed by atoms with van der Waals surface area (Å²) in [4.78, 5) is 0. The van der Waals surface area contributed by atoms with Crippen LogP contribution in [0.3, 0.4) is 0 Å². The molecule has 0 aromatic heterocycles. The first-order valence-electron chi connectivity index (χ1n) is 7.30. The second-order valence-corrected chi connectivity index (χ2v) is 6.21. The first-order valence-corrected chi connectivity index (χ1v) is 8.06. The van der Waals surface area contributed by atoms with Gasteiger partial charge >= 0.3 is 0 Å². The summed E-state index contributed by atoms with van der Waals surface area (Å²) in [6.07, 6.45) is 7.33. The summed E-state index contributed by atoms with van der Waals surface area (Å²) >= 11 is 12.2. The van der Waals surface area contributed by atoms with Crippen molar-refractivity contribution < 1.29 is 4.74 Å². The van der Waals surface area contributed by atoms with Crippen molar-refractivity contribution in [3.63, 3.8) is 0 Å². The minimum absolute atomic E-state index is 0.626. The maximum atomic E-state index is 6.12. The standard InChI is InChI=1S/C18H24Cl2O/c1-14(2)6-4-7-15(3)10-12-21-13-11-16-17(19)8-5-9-18(16)20/h5-6,8-10H,4,7,11-13H2,1-3H3/b15-10+. The zero-order valence-electron chi connectivity index (χ0n) is 13.1. The molecule has 0 aliphatic heterocycles. The van der Waals surface area contributed by atoms with Crippen molar-refractivity contribution in [1.29, 1.82) is 0 Å². The molecule has 3 heteroatoms. The monoisotopic (exact) mass is 326 g/mol. The molecule has 0 aliphatic carbocycles. The topological polar surface area (TPSA) is 9.23 Å². The number of ether oxygens (including phenoxy) is 1. The molecule has 0 fully saturated rings. The quantitative estimate of drug-likeness (QED) is 0.405. The van der Waals surface area contributed by atoms with E-state index in [1.54, 1.807) is 0 Å². The predicted molar refractivity (Wildman–Crippen MR) is 93.4 cm³/mol. The number of halogens is 2. The molecule has 116 valence electrons. The number of allylic oxidation sites excluding steroid dienone is 3. The van der Waals surface area contributed by atoms with Crippen LogP contribution in [0.4, 0.5) is 0 Å². The summed E-state index contributed by atoms with van der Waals surface area (Å²) in [5.74, 6) is 0. The van der Waals surface area contributed by atoms with Gasteiger partial charge in [0.2, 0.25) is 0 Å². The van der Waals surface area contributed by atoms with Crippen molar-refractivity contribution in [2.75, 3.05) is 13.2 Å². The Morgan fingerprint density at radius 3 is 2.38 bits per heavy atom. The molecule has 0 heterocycles. The highest BCUT2D eigenvalue weighted by Crippen LogP contribution is 2.24. The van der Waals surface area contributed by atoms with Crippen LogP contribution in [0.25, 0.3) is 0 Å². The molecule has 0 N–H and O–H groups in total. The van der Waals surface area contributed by atoms with Gasteiger partial charge < -0.3 is 4.74 Å². The molecule has 0 aliphatic rings. The van der Waals surface area contributed by atoms with E-state index in [-0.39, 0.29) is 0 Å². The zero-order valence-corrected chi connectivity index (χ0v) is 14.6. The van der Waals surface area contributed by atoms with Crippen LogP contribution in [0, 0.1) is 0 Å². The van der Waals surface area contributed by atoms with Gasteiger partial charge in [-0.3, -0.25) is 0 Å². The van der Waals surface area contributed by atoms with Crippen molar-refractivity contribution in [2.24, 2.45) is 0 Å². The van der Waals surface area contributed by atoms with Crippen LogP contribution >= 0.6 is 23.2 Å². The molecule has 0 saturated carbocycles. The Labute approximate surface area is 138 Å². The lowest BCUT2D eigenvalue weighted by molar-refractivity contribution is 0.165. The van der Waals surface area contributed by atoms with Gasteiger partial charge in [0.25, 0.3) is 0 Å². The summed E-state index contributed by atoms with van der Waals surface area (Å²) in [6, 6.07) is 5.57. The lowest BCUT2D eigenvalue weighted by atomic mass is 10.1. The van der Waals surface area contributed by atoms with Crippen LogP contribution in [0.15, 0.2) is 41.5 Å². The number of hydrogen-bond acceptors (Lipinski definition) is 1. The van der Waals surface area contributed by atoms with E-state index >= 15 is 0 Å². The largest absolute Gasteiger partial charge is 0.377 e. The Kier molecular flexibility index (Phi) is 8.75. The third-order valence-corrected chi connectivity index (χ3v) is 3.91. The van der Waals surface area contributed by atoms with Crippen LogP contribution in [-0.2, 0) is 11.2 Å². The van der Waals surface area contributed by atoms with Gasteiger partial charge in [-0.15, -0.1) is 0 Å². The summed E-state index contributed by atoms with van der Waals surface area (Å²) in [5.41, 5.74) is 3.70. The summed E-state index contributed by atoms with van der Waals surface area (Å²) in [6.45, 7) is 7.67. The Balaban J connectivity index is 2.26. The molecular formula is C18H24Cl2O. The van der Waals surface area contributed by atoms with E-state index in [9.17, 15) is 0 Å². The van der Waals surface area contributed by atoms with E-state index in [1.807, 2.05) is 18.2 Å². The second-order valence-electron chi connectivity index (χ2n) is 5.40. The molecule has 1 aromatic carbocycles. The van der Waals surface area contributed by atoms with Gasteiger partial charge in [0.15, 0.2) is 0 Å². The molecule has 0 radical (unpaired) electrons. The van der Waals surface area contributed by atoms with Gasteiger partial charge in [0.05, 0.1) is 13.2 Å². The average Bonchev–Trinajstić information content (AvgIpc) is 2.41. The molecule has 0 atom stereocenters. The van der Waals surface area contributed by atoms with Crippen LogP contribution in [0.2, 0.25) is 10.0 Å². The normalized spacial score (nSPS) is 11.6. The molecule has 0 spiro atoms. The van der Waals surface area contributed by atoms with Gasteiger partial charge in [-0.2, -0.15) is 0 Å². The van der Waals surface area contributed by atoms with Gasteiger partial charge in [-0.1, -0.05) is 52.6 Å². The highest BCUT2D eigenvalue weighted by molar-refractivity contribution is 6.35. The molecule has 0 saturated heterocycles. The van der Waals surface area contributed by atoms with E-state index in [2.05, 4.69) is 32.9 Å². The number of hydrogen-bond donors (Lipinski definition) is 0. The van der Waals surface area contributed by atoms with Gasteiger partial charge in [0, 0.05) is 10.0 Å². The molecule has 1 rings (SSSR count). The molecule has 21 heavy (non-hydrogen) atoms. The molecule has 1 aromatic rings. The Hall–Kier alpha value is -0.760. The van der Waals surface area contributed by atoms with Crippen LogP contribution < -0.4 is 0 Å².